The topological polar surface area (TPSA) is 152 Å². The fraction of sp³-hybridized carbons (Fsp3) is 0.533. The number of amides is 3. The molecule has 1 aromatic heterocycles. The molecule has 0 saturated carbocycles. The van der Waals surface area contributed by atoms with Crippen molar-refractivity contribution in [1.29, 1.82) is 0 Å². The Kier molecular flexibility index (Phi) is 8.86. The van der Waals surface area contributed by atoms with Gasteiger partial charge in [-0.1, -0.05) is 32.1 Å². The van der Waals surface area contributed by atoms with Gasteiger partial charge in [0.2, 0.25) is 11.8 Å². The van der Waals surface area contributed by atoms with Gasteiger partial charge in [0.15, 0.2) is 11.9 Å². The molecule has 2 aromatic rings. The van der Waals surface area contributed by atoms with Crippen molar-refractivity contribution in [2.75, 3.05) is 6.54 Å². The van der Waals surface area contributed by atoms with Crippen molar-refractivity contribution in [2.45, 2.75) is 78.6 Å². The fourth-order valence-electron chi connectivity index (χ4n) is 5.04. The molecular formula is C30H40N6O6. The minimum atomic E-state index is -0.997. The molecule has 3 heterocycles. The Morgan fingerprint density at radius 1 is 1.07 bits per heavy atom. The number of hydrazine groups is 1. The Balaban J connectivity index is 1.77. The van der Waals surface area contributed by atoms with Crippen LogP contribution in [0.2, 0.25) is 0 Å². The SMILES string of the molecule is CC(C)[C@@H]1NC(=O)C(C)(C)/C=C/c2ccc3c(=O)n(C)c(nc3c2)[C@@H](C)OC(=O)[C@@H]2CCCN(N2)C(=O)[C@H](C)NC1=O. The third-order valence-corrected chi connectivity index (χ3v) is 7.77. The van der Waals surface area contributed by atoms with Crippen LogP contribution in [0.4, 0.5) is 0 Å². The number of aromatic nitrogens is 2. The third kappa shape index (κ3) is 6.38. The van der Waals surface area contributed by atoms with Gasteiger partial charge < -0.3 is 15.4 Å². The Labute approximate surface area is 244 Å². The molecule has 3 amide bonds. The molecule has 0 radical (unpaired) electrons. The number of nitrogens with one attached hydrogen (secondary N) is 3. The van der Waals surface area contributed by atoms with E-state index in [9.17, 15) is 24.0 Å². The number of nitrogens with zero attached hydrogens (tertiary/aromatic N) is 3. The van der Waals surface area contributed by atoms with E-state index in [-0.39, 0.29) is 23.2 Å². The predicted octanol–water partition coefficient (Wildman–Crippen LogP) is 1.73. The van der Waals surface area contributed by atoms with Crippen molar-refractivity contribution in [2.24, 2.45) is 18.4 Å². The maximum absolute atomic E-state index is 13.3. The van der Waals surface area contributed by atoms with Gasteiger partial charge in [-0.2, -0.15) is 0 Å². The highest BCUT2D eigenvalue weighted by atomic mass is 16.5. The molecule has 42 heavy (non-hydrogen) atoms. The van der Waals surface area contributed by atoms with Crippen molar-refractivity contribution in [3.05, 3.63) is 46.0 Å². The van der Waals surface area contributed by atoms with Crippen LogP contribution < -0.4 is 21.6 Å². The summed E-state index contributed by atoms with van der Waals surface area (Å²) < 4.78 is 7.08. The van der Waals surface area contributed by atoms with Crippen LogP contribution in [0.25, 0.3) is 17.0 Å². The normalized spacial score (nSPS) is 26.5. The first kappa shape index (κ1) is 30.9. The van der Waals surface area contributed by atoms with Crippen LogP contribution in [0.5, 0.6) is 0 Å². The molecule has 2 aliphatic rings. The third-order valence-electron chi connectivity index (χ3n) is 7.77. The van der Waals surface area contributed by atoms with Crippen molar-refractivity contribution >= 4 is 40.7 Å². The van der Waals surface area contributed by atoms with Gasteiger partial charge >= 0.3 is 5.97 Å². The number of ether oxygens (including phenoxy) is 1. The number of hydrogen-bond donors (Lipinski definition) is 3. The van der Waals surface area contributed by atoms with E-state index in [1.165, 1.54) is 9.58 Å². The lowest BCUT2D eigenvalue weighted by molar-refractivity contribution is -0.157. The highest BCUT2D eigenvalue weighted by molar-refractivity contribution is 5.94. The lowest BCUT2D eigenvalue weighted by atomic mass is 9.89. The fourth-order valence-corrected chi connectivity index (χ4v) is 5.04. The molecule has 226 valence electrons. The second-order valence-corrected chi connectivity index (χ2v) is 12.0. The number of hydrogen-bond acceptors (Lipinski definition) is 8. The highest BCUT2D eigenvalue weighted by Crippen LogP contribution is 2.23. The number of rotatable bonds is 1. The first-order chi connectivity index (χ1) is 19.7. The van der Waals surface area contributed by atoms with Crippen molar-refractivity contribution in [3.8, 4) is 0 Å². The zero-order valence-corrected chi connectivity index (χ0v) is 25.2. The lowest BCUT2D eigenvalue weighted by Gasteiger charge is -2.35. The molecule has 1 aromatic carbocycles. The number of fused-ring (bicyclic) bond motifs is 4. The van der Waals surface area contributed by atoms with E-state index >= 15 is 0 Å². The second kappa shape index (κ2) is 12.0. The predicted molar refractivity (Wildman–Crippen MR) is 157 cm³/mol. The molecule has 4 rings (SSSR count). The van der Waals surface area contributed by atoms with E-state index in [1.54, 1.807) is 65.1 Å². The van der Waals surface area contributed by atoms with Crippen LogP contribution >= 0.6 is 0 Å². The van der Waals surface area contributed by atoms with E-state index in [0.717, 1.165) is 0 Å². The minimum absolute atomic E-state index is 0.254. The summed E-state index contributed by atoms with van der Waals surface area (Å²) in [6.45, 7) is 10.6. The van der Waals surface area contributed by atoms with E-state index in [4.69, 9.17) is 4.74 Å². The van der Waals surface area contributed by atoms with Gasteiger partial charge in [0, 0.05) is 13.6 Å². The molecule has 12 heteroatoms. The van der Waals surface area contributed by atoms with Crippen LogP contribution in [0.3, 0.4) is 0 Å². The molecular weight excluding hydrogens is 540 g/mol. The molecule has 0 aliphatic carbocycles. The largest absolute Gasteiger partial charge is 0.453 e. The van der Waals surface area contributed by atoms with E-state index in [0.29, 0.717) is 35.9 Å². The number of benzene rings is 1. The molecule has 3 N–H and O–H groups in total. The van der Waals surface area contributed by atoms with Crippen LogP contribution in [0, 0.1) is 11.3 Å². The molecule has 5 bridgehead atoms. The van der Waals surface area contributed by atoms with Gasteiger partial charge in [-0.25, -0.2) is 10.4 Å². The van der Waals surface area contributed by atoms with Gasteiger partial charge in [-0.15, -0.1) is 0 Å². The molecule has 4 atom stereocenters. The average molecular weight is 581 g/mol. The Bertz CT molecular complexity index is 1500. The second-order valence-electron chi connectivity index (χ2n) is 12.0. The van der Waals surface area contributed by atoms with Gasteiger partial charge in [0.05, 0.1) is 16.3 Å². The van der Waals surface area contributed by atoms with Gasteiger partial charge in [0.25, 0.3) is 11.5 Å². The molecule has 2 aliphatic heterocycles. The zero-order chi connectivity index (χ0) is 30.9. The summed E-state index contributed by atoms with van der Waals surface area (Å²) in [5.41, 5.74) is 2.78. The van der Waals surface area contributed by atoms with Crippen LogP contribution in [-0.2, 0) is 31.0 Å². The van der Waals surface area contributed by atoms with Crippen LogP contribution in [0.1, 0.15) is 71.9 Å². The number of carbonyl (C=O) groups excluding carboxylic acids is 4. The Hall–Kier alpha value is -4.06. The van der Waals surface area contributed by atoms with Gasteiger partial charge in [0.1, 0.15) is 18.1 Å². The summed E-state index contributed by atoms with van der Waals surface area (Å²) in [4.78, 5) is 70.8. The standard InChI is InChI=1S/C30H40N6O6/c1-16(2)23-25(37)31-17(3)26(38)36-14-8-9-21(34-36)28(40)42-18(4)24-32-22-15-19(10-11-20(22)27(39)35(24)7)12-13-30(5,6)29(41)33-23/h10-13,15-18,21,23,34H,8-9,14H2,1-7H3,(H,31,37)(H,33,41)/b13-12+/t17-,18+,21-,23-/m0/s1. The molecule has 0 spiro atoms. The quantitative estimate of drug-likeness (QED) is 0.432. The highest BCUT2D eigenvalue weighted by Gasteiger charge is 2.35. The first-order valence-electron chi connectivity index (χ1n) is 14.3. The van der Waals surface area contributed by atoms with E-state index < -0.39 is 47.4 Å². The Morgan fingerprint density at radius 2 is 1.79 bits per heavy atom. The minimum Gasteiger partial charge on any atom is -0.453 e. The van der Waals surface area contributed by atoms with Crippen LogP contribution in [0.15, 0.2) is 29.1 Å². The summed E-state index contributed by atoms with van der Waals surface area (Å²) in [5, 5.41) is 7.28. The number of carbonyl (C=O) groups is 4. The van der Waals surface area contributed by atoms with Gasteiger partial charge in [-0.3, -0.25) is 33.5 Å². The number of esters is 1. The summed E-state index contributed by atoms with van der Waals surface area (Å²) in [5.74, 6) is -1.84. The first-order valence-corrected chi connectivity index (χ1v) is 14.3. The smallest absolute Gasteiger partial charge is 0.325 e. The van der Waals surface area contributed by atoms with E-state index in [1.807, 2.05) is 13.8 Å². The molecule has 0 unspecified atom stereocenters. The average Bonchev–Trinajstić information content (AvgIpc) is 2.95. The summed E-state index contributed by atoms with van der Waals surface area (Å²) >= 11 is 0. The van der Waals surface area contributed by atoms with Gasteiger partial charge in [-0.05, 0) is 64.2 Å². The maximum atomic E-state index is 13.3. The maximum Gasteiger partial charge on any atom is 0.325 e. The van der Waals surface area contributed by atoms with Crippen molar-refractivity contribution in [1.82, 2.24) is 30.6 Å². The summed E-state index contributed by atoms with van der Waals surface area (Å²) in [6, 6.07) is 2.56. The van der Waals surface area contributed by atoms with Crippen LogP contribution in [-0.4, -0.2) is 62.9 Å². The van der Waals surface area contributed by atoms with E-state index in [2.05, 4.69) is 21.0 Å². The monoisotopic (exact) mass is 580 g/mol. The zero-order valence-electron chi connectivity index (χ0n) is 25.2. The summed E-state index contributed by atoms with van der Waals surface area (Å²) in [7, 11) is 1.57. The van der Waals surface area contributed by atoms with Crippen molar-refractivity contribution < 1.29 is 23.9 Å². The number of cyclic esters (lactones) is 1. The molecule has 1 fully saturated rings. The summed E-state index contributed by atoms with van der Waals surface area (Å²) in [6.07, 6.45) is 3.60. The lowest BCUT2D eigenvalue weighted by Crippen LogP contribution is -2.61. The Morgan fingerprint density at radius 3 is 2.48 bits per heavy atom. The van der Waals surface area contributed by atoms with Crippen molar-refractivity contribution in [3.63, 3.8) is 0 Å². The molecule has 12 nitrogen and oxygen atoms in total. The molecule has 1 saturated heterocycles.